The lowest BCUT2D eigenvalue weighted by Crippen LogP contribution is -2.18. The van der Waals surface area contributed by atoms with Crippen LogP contribution in [0.2, 0.25) is 0 Å². The number of amides is 1. The number of benzene rings is 4. The summed E-state index contributed by atoms with van der Waals surface area (Å²) < 4.78 is 17.0. The van der Waals surface area contributed by atoms with Gasteiger partial charge >= 0.3 is 5.97 Å². The standard InChI is InChI=1S/C29H26N2O6/c1-3-36-27-14-20(10-13-25(27)37-18-19-8-11-21(12-9-19)29(33)34)17-30-31-28(32)24-15-22-6-4-5-7-23(22)16-26(24)35-2/h4-17H,3,18H2,1-2H3,(H,31,32)(H,33,34)/b30-17-. The second-order valence-corrected chi connectivity index (χ2v) is 8.03. The number of carboxylic acids is 1. The van der Waals surface area contributed by atoms with Gasteiger partial charge in [0.1, 0.15) is 12.4 Å². The van der Waals surface area contributed by atoms with E-state index in [4.69, 9.17) is 19.3 Å². The molecule has 0 aliphatic heterocycles. The van der Waals surface area contributed by atoms with Crippen LogP contribution in [-0.2, 0) is 6.61 Å². The van der Waals surface area contributed by atoms with Gasteiger partial charge in [-0.3, -0.25) is 4.79 Å². The van der Waals surface area contributed by atoms with E-state index < -0.39 is 11.9 Å². The van der Waals surface area contributed by atoms with Crippen LogP contribution in [-0.4, -0.2) is 36.9 Å². The highest BCUT2D eigenvalue weighted by molar-refractivity contribution is 6.02. The van der Waals surface area contributed by atoms with Crippen molar-refractivity contribution in [3.8, 4) is 17.2 Å². The lowest BCUT2D eigenvalue weighted by atomic mass is 10.1. The number of carboxylic acid groups (broad SMARTS) is 1. The average Bonchev–Trinajstić information content (AvgIpc) is 2.92. The first-order chi connectivity index (χ1) is 18.0. The number of nitrogens with one attached hydrogen (secondary N) is 1. The maximum Gasteiger partial charge on any atom is 0.335 e. The van der Waals surface area contributed by atoms with Crippen LogP contribution >= 0.6 is 0 Å². The normalized spacial score (nSPS) is 10.9. The minimum Gasteiger partial charge on any atom is -0.496 e. The molecule has 0 unspecified atom stereocenters. The van der Waals surface area contributed by atoms with Crippen molar-refractivity contribution in [1.82, 2.24) is 5.43 Å². The number of carbonyl (C=O) groups excluding carboxylic acids is 1. The molecular weight excluding hydrogens is 472 g/mol. The summed E-state index contributed by atoms with van der Waals surface area (Å²) in [6, 6.07) is 23.1. The maximum atomic E-state index is 12.8. The first kappa shape index (κ1) is 25.2. The van der Waals surface area contributed by atoms with Crippen molar-refractivity contribution < 1.29 is 28.9 Å². The van der Waals surface area contributed by atoms with Crippen LogP contribution in [0.4, 0.5) is 0 Å². The minimum atomic E-state index is -0.976. The van der Waals surface area contributed by atoms with Gasteiger partial charge in [-0.15, -0.1) is 0 Å². The number of carbonyl (C=O) groups is 2. The summed E-state index contributed by atoms with van der Waals surface area (Å²) >= 11 is 0. The molecular formula is C29H26N2O6. The van der Waals surface area contributed by atoms with E-state index in [2.05, 4.69) is 10.5 Å². The highest BCUT2D eigenvalue weighted by Crippen LogP contribution is 2.29. The molecule has 0 aromatic heterocycles. The Kier molecular flexibility index (Phi) is 8.00. The van der Waals surface area contributed by atoms with Crippen molar-refractivity contribution in [1.29, 1.82) is 0 Å². The molecule has 4 rings (SSSR count). The van der Waals surface area contributed by atoms with E-state index in [1.54, 1.807) is 36.4 Å². The molecule has 4 aromatic carbocycles. The maximum absolute atomic E-state index is 12.8. The van der Waals surface area contributed by atoms with Gasteiger partial charge in [-0.05, 0) is 71.3 Å². The highest BCUT2D eigenvalue weighted by atomic mass is 16.5. The summed E-state index contributed by atoms with van der Waals surface area (Å²) in [5.41, 5.74) is 4.67. The van der Waals surface area contributed by atoms with Gasteiger partial charge in [0.15, 0.2) is 11.5 Å². The van der Waals surface area contributed by atoms with Gasteiger partial charge in [0, 0.05) is 0 Å². The number of rotatable bonds is 10. The second kappa shape index (κ2) is 11.7. The summed E-state index contributed by atoms with van der Waals surface area (Å²) in [5.74, 6) is 0.153. The van der Waals surface area contributed by atoms with Crippen LogP contribution in [0.1, 0.15) is 38.8 Å². The topological polar surface area (TPSA) is 106 Å². The van der Waals surface area contributed by atoms with Crippen molar-refractivity contribution >= 4 is 28.9 Å². The molecule has 1 amide bonds. The summed E-state index contributed by atoms with van der Waals surface area (Å²) in [4.78, 5) is 23.8. The Hall–Kier alpha value is -4.85. The number of methoxy groups -OCH3 is 1. The third-order valence-corrected chi connectivity index (χ3v) is 5.55. The van der Waals surface area contributed by atoms with Gasteiger partial charge in [-0.25, -0.2) is 10.2 Å². The van der Waals surface area contributed by atoms with Crippen molar-refractivity contribution in [2.24, 2.45) is 5.10 Å². The first-order valence-electron chi connectivity index (χ1n) is 11.6. The number of fused-ring (bicyclic) bond motifs is 1. The largest absolute Gasteiger partial charge is 0.496 e. The van der Waals surface area contributed by atoms with Gasteiger partial charge in [-0.2, -0.15) is 5.10 Å². The van der Waals surface area contributed by atoms with Crippen molar-refractivity contribution in [2.45, 2.75) is 13.5 Å². The Morgan fingerprint density at radius 1 is 0.892 bits per heavy atom. The molecule has 188 valence electrons. The predicted molar refractivity (Wildman–Crippen MR) is 141 cm³/mol. The Morgan fingerprint density at radius 2 is 1.62 bits per heavy atom. The van der Waals surface area contributed by atoms with Crippen LogP contribution in [0.25, 0.3) is 10.8 Å². The van der Waals surface area contributed by atoms with E-state index in [1.165, 1.54) is 25.5 Å². The molecule has 0 spiro atoms. The Morgan fingerprint density at radius 3 is 2.30 bits per heavy atom. The molecule has 0 aliphatic carbocycles. The van der Waals surface area contributed by atoms with E-state index in [9.17, 15) is 9.59 Å². The minimum absolute atomic E-state index is 0.216. The fourth-order valence-electron chi connectivity index (χ4n) is 3.69. The highest BCUT2D eigenvalue weighted by Gasteiger charge is 2.13. The Bertz CT molecular complexity index is 1450. The third kappa shape index (κ3) is 6.24. The zero-order valence-electron chi connectivity index (χ0n) is 20.4. The van der Waals surface area contributed by atoms with E-state index in [1.807, 2.05) is 37.3 Å². The number of aromatic carboxylic acids is 1. The number of hydrogen-bond donors (Lipinski definition) is 2. The number of hydrogen-bond acceptors (Lipinski definition) is 6. The van der Waals surface area contributed by atoms with Crippen LogP contribution in [0.15, 0.2) is 84.0 Å². The third-order valence-electron chi connectivity index (χ3n) is 5.55. The molecule has 0 bridgehead atoms. The molecule has 0 radical (unpaired) electrons. The SMILES string of the molecule is CCOc1cc(/C=N\NC(=O)c2cc3ccccc3cc2OC)ccc1OCc1ccc(C(=O)O)cc1. The summed E-state index contributed by atoms with van der Waals surface area (Å²) in [7, 11) is 1.52. The molecule has 8 nitrogen and oxygen atoms in total. The lowest BCUT2D eigenvalue weighted by molar-refractivity contribution is 0.0696. The van der Waals surface area contributed by atoms with E-state index in [0.717, 1.165) is 16.3 Å². The monoisotopic (exact) mass is 498 g/mol. The quantitative estimate of drug-likeness (QED) is 0.227. The van der Waals surface area contributed by atoms with E-state index in [-0.39, 0.29) is 12.2 Å². The predicted octanol–water partition coefficient (Wildman–Crippen LogP) is 5.29. The number of nitrogens with zero attached hydrogens (tertiary/aromatic N) is 1. The average molecular weight is 499 g/mol. The number of hydrazone groups is 1. The smallest absolute Gasteiger partial charge is 0.335 e. The van der Waals surface area contributed by atoms with Gasteiger partial charge in [0.05, 0.1) is 31.1 Å². The Balaban J connectivity index is 1.44. The van der Waals surface area contributed by atoms with Crippen LogP contribution in [0.5, 0.6) is 17.2 Å². The van der Waals surface area contributed by atoms with Crippen molar-refractivity contribution in [3.63, 3.8) is 0 Å². The molecule has 0 heterocycles. The molecule has 0 aliphatic rings. The van der Waals surface area contributed by atoms with Crippen LogP contribution < -0.4 is 19.6 Å². The van der Waals surface area contributed by atoms with Gasteiger partial charge < -0.3 is 19.3 Å². The molecule has 0 fully saturated rings. The van der Waals surface area contributed by atoms with Gasteiger partial charge in [0.25, 0.3) is 5.91 Å². The fourth-order valence-corrected chi connectivity index (χ4v) is 3.69. The first-order valence-corrected chi connectivity index (χ1v) is 11.6. The summed E-state index contributed by atoms with van der Waals surface area (Å²) in [6.07, 6.45) is 1.52. The van der Waals surface area contributed by atoms with Crippen molar-refractivity contribution in [2.75, 3.05) is 13.7 Å². The zero-order valence-corrected chi connectivity index (χ0v) is 20.4. The summed E-state index contributed by atoms with van der Waals surface area (Å²) in [6.45, 7) is 2.55. The molecule has 2 N–H and O–H groups in total. The lowest BCUT2D eigenvalue weighted by Gasteiger charge is -2.13. The van der Waals surface area contributed by atoms with Crippen LogP contribution in [0, 0.1) is 0 Å². The number of ether oxygens (including phenoxy) is 3. The molecule has 0 atom stereocenters. The molecule has 37 heavy (non-hydrogen) atoms. The summed E-state index contributed by atoms with van der Waals surface area (Å²) in [5, 5.41) is 15.0. The molecule has 0 saturated carbocycles. The van der Waals surface area contributed by atoms with Gasteiger partial charge in [-0.1, -0.05) is 36.4 Å². The van der Waals surface area contributed by atoms with Crippen LogP contribution in [0.3, 0.4) is 0 Å². The zero-order chi connectivity index (χ0) is 26.2. The molecule has 0 saturated heterocycles. The van der Waals surface area contributed by atoms with Gasteiger partial charge in [0.2, 0.25) is 0 Å². The fraction of sp³-hybridized carbons (Fsp3) is 0.138. The molecule has 8 heteroatoms. The van der Waals surface area contributed by atoms with Crippen molar-refractivity contribution in [3.05, 3.63) is 101 Å². The molecule has 4 aromatic rings. The second-order valence-electron chi connectivity index (χ2n) is 8.03. The van der Waals surface area contributed by atoms with E-state index in [0.29, 0.717) is 35.0 Å². The Labute approximate surface area is 214 Å². The van der Waals surface area contributed by atoms with E-state index >= 15 is 0 Å².